The minimum atomic E-state index is 0.409. The average molecular weight is 399 g/mol. The quantitative estimate of drug-likeness (QED) is 0.487. The first-order chi connectivity index (χ1) is 14.4. The molecule has 0 aliphatic heterocycles. The monoisotopic (exact) mass is 398 g/mol. The Hall–Kier alpha value is -1.82. The topological polar surface area (TPSA) is 0 Å². The van der Waals surface area contributed by atoms with Crippen molar-refractivity contribution in [1.29, 1.82) is 0 Å². The minimum absolute atomic E-state index is 0.409. The number of benzene rings is 1. The van der Waals surface area contributed by atoms with Crippen LogP contribution in [0, 0.1) is 52.8 Å². The second-order valence-electron chi connectivity index (χ2n) is 11.5. The summed E-state index contributed by atoms with van der Waals surface area (Å²) >= 11 is 0. The molecule has 8 atom stereocenters. The van der Waals surface area contributed by atoms with Crippen molar-refractivity contribution in [1.82, 2.24) is 0 Å². The van der Waals surface area contributed by atoms with E-state index in [0.717, 1.165) is 17.8 Å². The predicted molar refractivity (Wildman–Crippen MR) is 128 cm³/mol. The van der Waals surface area contributed by atoms with Crippen molar-refractivity contribution >= 4 is 0 Å². The molecule has 0 bridgehead atoms. The summed E-state index contributed by atoms with van der Waals surface area (Å²) in [6, 6.07) is 11.6. The highest BCUT2D eigenvalue weighted by Crippen LogP contribution is 2.61. The van der Waals surface area contributed by atoms with Gasteiger partial charge in [-0.05, 0) is 77.1 Å². The molecule has 1 aromatic carbocycles. The van der Waals surface area contributed by atoms with Gasteiger partial charge in [-0.15, -0.1) is 0 Å². The second-order valence-corrected chi connectivity index (χ2v) is 11.5. The standard InChI is InChI=1S/C30H38/c1-20-18-22(30(2,3)4)19-27(20)28(21-12-6-5-7-13-21)29-25-16-10-8-14-23(25)24-15-9-11-17-26(24)29/h5-17,20,22-29H,18-19H2,1-4H3. The Bertz CT molecular complexity index is 827. The summed E-state index contributed by atoms with van der Waals surface area (Å²) in [5.74, 6) is 6.37. The highest BCUT2D eigenvalue weighted by atomic mass is 14.6. The van der Waals surface area contributed by atoms with Crippen LogP contribution < -0.4 is 0 Å². The lowest BCUT2D eigenvalue weighted by Gasteiger charge is -2.39. The molecule has 2 fully saturated rings. The highest BCUT2D eigenvalue weighted by Gasteiger charge is 2.53. The largest absolute Gasteiger partial charge is 0.0805 e. The molecule has 0 saturated heterocycles. The van der Waals surface area contributed by atoms with Gasteiger partial charge in [-0.1, -0.05) is 107 Å². The van der Waals surface area contributed by atoms with Gasteiger partial charge in [-0.25, -0.2) is 0 Å². The van der Waals surface area contributed by atoms with Gasteiger partial charge >= 0.3 is 0 Å². The van der Waals surface area contributed by atoms with Gasteiger partial charge in [0.05, 0.1) is 0 Å². The molecule has 0 N–H and O–H groups in total. The van der Waals surface area contributed by atoms with Gasteiger partial charge in [-0.3, -0.25) is 0 Å². The third kappa shape index (κ3) is 3.37. The van der Waals surface area contributed by atoms with Gasteiger partial charge in [0.1, 0.15) is 0 Å². The lowest BCUT2D eigenvalue weighted by Crippen LogP contribution is -2.31. The van der Waals surface area contributed by atoms with E-state index in [1.807, 2.05) is 0 Å². The van der Waals surface area contributed by atoms with Crippen molar-refractivity contribution < 1.29 is 0 Å². The lowest BCUT2D eigenvalue weighted by atomic mass is 9.65. The molecule has 0 aromatic heterocycles. The zero-order chi connectivity index (χ0) is 20.9. The second kappa shape index (κ2) is 7.70. The van der Waals surface area contributed by atoms with Gasteiger partial charge in [0.25, 0.3) is 0 Å². The fraction of sp³-hybridized carbons (Fsp3) is 0.533. The van der Waals surface area contributed by atoms with Crippen molar-refractivity contribution in [3.63, 3.8) is 0 Å². The van der Waals surface area contributed by atoms with Crippen LogP contribution in [0.15, 0.2) is 78.9 Å². The average Bonchev–Trinajstić information content (AvgIpc) is 3.29. The Kier molecular flexibility index (Phi) is 5.16. The van der Waals surface area contributed by atoms with E-state index in [1.165, 1.54) is 12.8 Å². The molecule has 0 amide bonds. The SMILES string of the molecule is CC1CC(C(C)(C)C)CC1C(c1ccccc1)C1C2C=CC=CC2C2C=CC=CC21. The Balaban J connectivity index is 1.58. The van der Waals surface area contributed by atoms with E-state index >= 15 is 0 Å². The van der Waals surface area contributed by atoms with Gasteiger partial charge in [-0.2, -0.15) is 0 Å². The number of hydrogen-bond acceptors (Lipinski definition) is 0. The van der Waals surface area contributed by atoms with Gasteiger partial charge in [0.2, 0.25) is 0 Å². The summed E-state index contributed by atoms with van der Waals surface area (Å²) < 4.78 is 0. The number of rotatable bonds is 3. The molecule has 1 aromatic rings. The number of allylic oxidation sites excluding steroid dienone is 8. The van der Waals surface area contributed by atoms with Crippen LogP contribution in [0.2, 0.25) is 0 Å². The maximum atomic E-state index is 2.55. The van der Waals surface area contributed by atoms with Gasteiger partial charge in [0, 0.05) is 0 Å². The fourth-order valence-corrected chi connectivity index (χ4v) is 7.48. The first-order valence-electron chi connectivity index (χ1n) is 12.2. The maximum Gasteiger partial charge on any atom is -0.00909 e. The Morgan fingerprint density at radius 1 is 0.733 bits per heavy atom. The van der Waals surface area contributed by atoms with E-state index in [4.69, 9.17) is 0 Å². The molecule has 0 heterocycles. The number of hydrogen-bond donors (Lipinski definition) is 0. The van der Waals surface area contributed by atoms with E-state index in [-0.39, 0.29) is 0 Å². The molecule has 0 radical (unpaired) electrons. The minimum Gasteiger partial charge on any atom is -0.0805 e. The molecule has 0 heteroatoms. The van der Waals surface area contributed by atoms with E-state index in [0.29, 0.717) is 40.9 Å². The maximum absolute atomic E-state index is 2.55. The highest BCUT2D eigenvalue weighted by molar-refractivity contribution is 5.33. The summed E-state index contributed by atoms with van der Waals surface area (Å²) in [6.45, 7) is 9.91. The third-order valence-corrected chi connectivity index (χ3v) is 9.01. The lowest BCUT2D eigenvalue weighted by molar-refractivity contribution is 0.196. The summed E-state index contributed by atoms with van der Waals surface area (Å²) in [6.07, 6.45) is 22.1. The normalized spacial score (nSPS) is 40.4. The zero-order valence-corrected chi connectivity index (χ0v) is 19.1. The molecule has 30 heavy (non-hydrogen) atoms. The molecule has 8 unspecified atom stereocenters. The van der Waals surface area contributed by atoms with E-state index in [9.17, 15) is 0 Å². The van der Waals surface area contributed by atoms with Gasteiger partial charge in [0.15, 0.2) is 0 Å². The Labute approximate surface area is 183 Å². The van der Waals surface area contributed by atoms with Crippen molar-refractivity contribution in [2.45, 2.75) is 46.5 Å². The summed E-state index contributed by atoms with van der Waals surface area (Å²) in [7, 11) is 0. The number of fused-ring (bicyclic) bond motifs is 3. The summed E-state index contributed by atoms with van der Waals surface area (Å²) in [5.41, 5.74) is 1.99. The van der Waals surface area contributed by atoms with Crippen LogP contribution in [-0.4, -0.2) is 0 Å². The van der Waals surface area contributed by atoms with Crippen LogP contribution >= 0.6 is 0 Å². The van der Waals surface area contributed by atoms with Crippen LogP contribution in [0.5, 0.6) is 0 Å². The smallest absolute Gasteiger partial charge is 0.00909 e. The third-order valence-electron chi connectivity index (χ3n) is 9.01. The first kappa shape index (κ1) is 20.1. The molecule has 4 aliphatic carbocycles. The molecule has 2 saturated carbocycles. The van der Waals surface area contributed by atoms with Gasteiger partial charge < -0.3 is 0 Å². The van der Waals surface area contributed by atoms with E-state index < -0.39 is 0 Å². The van der Waals surface area contributed by atoms with E-state index in [1.54, 1.807) is 5.56 Å². The Morgan fingerprint density at radius 3 is 1.77 bits per heavy atom. The summed E-state index contributed by atoms with van der Waals surface area (Å²) in [4.78, 5) is 0. The van der Waals surface area contributed by atoms with Crippen LogP contribution in [0.4, 0.5) is 0 Å². The fourth-order valence-electron chi connectivity index (χ4n) is 7.48. The van der Waals surface area contributed by atoms with E-state index in [2.05, 4.69) is 107 Å². The molecule has 0 nitrogen and oxygen atoms in total. The zero-order valence-electron chi connectivity index (χ0n) is 19.1. The van der Waals surface area contributed by atoms with Crippen molar-refractivity contribution in [3.05, 3.63) is 84.5 Å². The molecular formula is C30H38. The van der Waals surface area contributed by atoms with Crippen LogP contribution in [0.3, 0.4) is 0 Å². The molecule has 158 valence electrons. The first-order valence-corrected chi connectivity index (χ1v) is 12.2. The van der Waals surface area contributed by atoms with Crippen molar-refractivity contribution in [3.8, 4) is 0 Å². The molecular weight excluding hydrogens is 360 g/mol. The Morgan fingerprint density at radius 2 is 1.27 bits per heavy atom. The molecule has 5 rings (SSSR count). The predicted octanol–water partition coefficient (Wildman–Crippen LogP) is 7.83. The molecule has 0 spiro atoms. The summed E-state index contributed by atoms with van der Waals surface area (Å²) in [5, 5.41) is 0. The van der Waals surface area contributed by atoms with Crippen LogP contribution in [0.25, 0.3) is 0 Å². The molecule has 4 aliphatic rings. The van der Waals surface area contributed by atoms with Crippen LogP contribution in [-0.2, 0) is 0 Å². The van der Waals surface area contributed by atoms with Crippen LogP contribution in [0.1, 0.15) is 52.0 Å². The van der Waals surface area contributed by atoms with Crippen molar-refractivity contribution in [2.24, 2.45) is 52.8 Å². The van der Waals surface area contributed by atoms with Crippen molar-refractivity contribution in [2.75, 3.05) is 0 Å².